The van der Waals surface area contributed by atoms with E-state index in [9.17, 15) is 19.8 Å². The Kier molecular flexibility index (Phi) is 9.25. The number of hydrogen-bond acceptors (Lipinski definition) is 6. The standard InChI is InChI=1S/C22H32ClNO6/c1-21-17(23)12-13-18(26)22(21,29)15-16(20(28)30-21)24-19(27)11-9-7-5-3-2-4-6-8-10-14-25/h8-13,16-17,20,25,28-29H,2-7,14-15H2,1H3,(H,24,27)/t16-,17+,20+,21-,22+/m0/s1. The van der Waals surface area contributed by atoms with E-state index >= 15 is 0 Å². The van der Waals surface area contributed by atoms with Crippen molar-refractivity contribution in [3.8, 4) is 0 Å². The van der Waals surface area contributed by atoms with Crippen molar-refractivity contribution in [1.82, 2.24) is 5.32 Å². The minimum atomic E-state index is -1.93. The molecule has 1 fully saturated rings. The molecule has 168 valence electrons. The van der Waals surface area contributed by atoms with Gasteiger partial charge in [0, 0.05) is 6.42 Å². The van der Waals surface area contributed by atoms with Crippen LogP contribution in [0.1, 0.15) is 51.9 Å². The molecule has 0 aromatic heterocycles. The van der Waals surface area contributed by atoms with Gasteiger partial charge in [-0.1, -0.05) is 37.1 Å². The first-order valence-electron chi connectivity index (χ1n) is 10.4. The number of alkyl halides is 1. The number of ketones is 1. The molecule has 0 aromatic carbocycles. The topological polar surface area (TPSA) is 116 Å². The second kappa shape index (κ2) is 11.2. The van der Waals surface area contributed by atoms with Crippen LogP contribution in [0.25, 0.3) is 0 Å². The van der Waals surface area contributed by atoms with Gasteiger partial charge in [0.05, 0.1) is 18.0 Å². The normalized spacial score (nSPS) is 33.9. The van der Waals surface area contributed by atoms with Gasteiger partial charge < -0.3 is 25.4 Å². The van der Waals surface area contributed by atoms with Crippen LogP contribution >= 0.6 is 11.6 Å². The van der Waals surface area contributed by atoms with E-state index in [0.29, 0.717) is 0 Å². The first kappa shape index (κ1) is 24.8. The number of fused-ring (bicyclic) bond motifs is 1. The third-order valence-corrected chi connectivity index (χ3v) is 6.32. The summed E-state index contributed by atoms with van der Waals surface area (Å²) in [5.41, 5.74) is -3.41. The summed E-state index contributed by atoms with van der Waals surface area (Å²) in [7, 11) is 0. The molecule has 4 N–H and O–H groups in total. The fraction of sp³-hybridized carbons (Fsp3) is 0.636. The molecule has 1 aliphatic carbocycles. The highest BCUT2D eigenvalue weighted by molar-refractivity contribution is 6.24. The molecule has 2 aliphatic rings. The average Bonchev–Trinajstić information content (AvgIpc) is 2.70. The lowest BCUT2D eigenvalue weighted by atomic mass is 9.69. The molecule has 1 amide bonds. The number of amides is 1. The molecule has 7 nitrogen and oxygen atoms in total. The Labute approximate surface area is 182 Å². The number of carbonyl (C=O) groups excluding carboxylic acids is 2. The highest BCUT2D eigenvalue weighted by atomic mass is 35.5. The van der Waals surface area contributed by atoms with Gasteiger partial charge in [0.1, 0.15) is 5.60 Å². The predicted molar refractivity (Wildman–Crippen MR) is 114 cm³/mol. The Bertz CT molecular complexity index is 693. The SMILES string of the molecule is C[C@@]12O[C@@H](O)[C@@H](NC(=O)C=CCCCCCCC=CCO)C[C@@]1(O)C(=O)C=C[C@H]2Cl. The number of aliphatic hydroxyl groups excluding tert-OH is 2. The van der Waals surface area contributed by atoms with Crippen molar-refractivity contribution in [3.63, 3.8) is 0 Å². The number of aliphatic hydroxyl groups is 3. The molecule has 0 unspecified atom stereocenters. The van der Waals surface area contributed by atoms with Crippen LogP contribution in [-0.2, 0) is 14.3 Å². The average molecular weight is 442 g/mol. The van der Waals surface area contributed by atoms with Gasteiger partial charge in [0.15, 0.2) is 17.7 Å². The summed E-state index contributed by atoms with van der Waals surface area (Å²) < 4.78 is 5.53. The second-order valence-electron chi connectivity index (χ2n) is 7.97. The van der Waals surface area contributed by atoms with Crippen LogP contribution in [0.5, 0.6) is 0 Å². The molecule has 30 heavy (non-hydrogen) atoms. The Morgan fingerprint density at radius 1 is 1.27 bits per heavy atom. The molecule has 5 atom stereocenters. The molecule has 1 heterocycles. The van der Waals surface area contributed by atoms with Gasteiger partial charge in [-0.05, 0) is 44.8 Å². The minimum Gasteiger partial charge on any atom is -0.392 e. The molecular formula is C22H32ClNO6. The molecule has 0 saturated carbocycles. The lowest BCUT2D eigenvalue weighted by Gasteiger charge is -2.53. The van der Waals surface area contributed by atoms with Gasteiger partial charge in [-0.3, -0.25) is 9.59 Å². The third kappa shape index (κ3) is 5.80. The summed E-state index contributed by atoms with van der Waals surface area (Å²) in [6.45, 7) is 1.56. The summed E-state index contributed by atoms with van der Waals surface area (Å²) in [5, 5.41) is 31.7. The van der Waals surface area contributed by atoms with Gasteiger partial charge in [-0.15, -0.1) is 11.6 Å². The highest BCUT2D eigenvalue weighted by Gasteiger charge is 2.63. The summed E-state index contributed by atoms with van der Waals surface area (Å²) in [5.74, 6) is -0.985. The van der Waals surface area contributed by atoms with Crippen LogP contribution in [0.4, 0.5) is 0 Å². The van der Waals surface area contributed by atoms with E-state index < -0.39 is 40.6 Å². The first-order chi connectivity index (χ1) is 14.2. The van der Waals surface area contributed by atoms with E-state index in [0.717, 1.165) is 38.5 Å². The Morgan fingerprint density at radius 2 is 1.93 bits per heavy atom. The highest BCUT2D eigenvalue weighted by Crippen LogP contribution is 2.45. The van der Waals surface area contributed by atoms with Crippen molar-refractivity contribution in [2.75, 3.05) is 6.61 Å². The molecule has 0 aromatic rings. The second-order valence-corrected chi connectivity index (χ2v) is 8.44. The monoisotopic (exact) mass is 441 g/mol. The van der Waals surface area contributed by atoms with Crippen LogP contribution in [0.3, 0.4) is 0 Å². The number of carbonyl (C=O) groups is 2. The molecule has 0 radical (unpaired) electrons. The molecule has 0 bridgehead atoms. The number of unbranched alkanes of at least 4 members (excludes halogenated alkanes) is 5. The van der Waals surface area contributed by atoms with Crippen LogP contribution in [0, 0.1) is 0 Å². The molecule has 1 aliphatic heterocycles. The van der Waals surface area contributed by atoms with Crippen molar-refractivity contribution in [2.45, 2.75) is 80.8 Å². The third-order valence-electron chi connectivity index (χ3n) is 5.76. The lowest BCUT2D eigenvalue weighted by molar-refractivity contribution is -0.281. The molecular weight excluding hydrogens is 410 g/mol. The van der Waals surface area contributed by atoms with Crippen molar-refractivity contribution in [2.24, 2.45) is 0 Å². The van der Waals surface area contributed by atoms with Crippen LogP contribution < -0.4 is 5.32 Å². The maximum atomic E-state index is 12.3. The predicted octanol–water partition coefficient (Wildman–Crippen LogP) is 1.89. The number of nitrogens with one attached hydrogen (secondary N) is 1. The van der Waals surface area contributed by atoms with E-state index in [4.69, 9.17) is 21.4 Å². The van der Waals surface area contributed by atoms with Crippen molar-refractivity contribution in [1.29, 1.82) is 0 Å². The Hall–Kier alpha value is -1.51. The van der Waals surface area contributed by atoms with E-state index in [1.807, 2.05) is 6.08 Å². The summed E-state index contributed by atoms with van der Waals surface area (Å²) in [6.07, 6.45) is 13.8. The zero-order chi connectivity index (χ0) is 22.2. The fourth-order valence-corrected chi connectivity index (χ4v) is 4.10. The molecule has 2 rings (SSSR count). The molecule has 8 heteroatoms. The van der Waals surface area contributed by atoms with Crippen molar-refractivity contribution >= 4 is 23.3 Å². The maximum Gasteiger partial charge on any atom is 0.244 e. The largest absolute Gasteiger partial charge is 0.392 e. The van der Waals surface area contributed by atoms with Gasteiger partial charge >= 0.3 is 0 Å². The Morgan fingerprint density at radius 3 is 2.60 bits per heavy atom. The fourth-order valence-electron chi connectivity index (χ4n) is 3.80. The Balaban J connectivity index is 1.78. The van der Waals surface area contributed by atoms with Gasteiger partial charge in [0.2, 0.25) is 5.91 Å². The molecule has 1 saturated heterocycles. The van der Waals surface area contributed by atoms with Gasteiger partial charge in [0.25, 0.3) is 0 Å². The van der Waals surface area contributed by atoms with Crippen LogP contribution in [-0.4, -0.2) is 62.5 Å². The zero-order valence-corrected chi connectivity index (χ0v) is 18.1. The summed E-state index contributed by atoms with van der Waals surface area (Å²) >= 11 is 6.21. The lowest BCUT2D eigenvalue weighted by Crippen LogP contribution is -2.72. The minimum absolute atomic E-state index is 0.0794. The number of rotatable bonds is 10. The van der Waals surface area contributed by atoms with Crippen LogP contribution in [0.2, 0.25) is 0 Å². The quantitative estimate of drug-likeness (QED) is 0.178. The van der Waals surface area contributed by atoms with E-state index in [1.54, 1.807) is 12.2 Å². The smallest absolute Gasteiger partial charge is 0.244 e. The van der Waals surface area contributed by atoms with Crippen molar-refractivity contribution in [3.05, 3.63) is 36.5 Å². The number of halogens is 1. The molecule has 0 spiro atoms. The van der Waals surface area contributed by atoms with E-state index in [2.05, 4.69) is 5.32 Å². The van der Waals surface area contributed by atoms with E-state index in [1.165, 1.54) is 25.2 Å². The maximum absolute atomic E-state index is 12.3. The number of allylic oxidation sites excluding steroid dienone is 2. The van der Waals surface area contributed by atoms with Gasteiger partial charge in [-0.2, -0.15) is 0 Å². The van der Waals surface area contributed by atoms with Crippen LogP contribution in [0.15, 0.2) is 36.5 Å². The van der Waals surface area contributed by atoms with Gasteiger partial charge in [-0.25, -0.2) is 0 Å². The summed E-state index contributed by atoms with van der Waals surface area (Å²) in [6, 6.07) is -0.938. The first-order valence-corrected chi connectivity index (χ1v) is 10.9. The van der Waals surface area contributed by atoms with Crippen molar-refractivity contribution < 1.29 is 29.6 Å². The zero-order valence-electron chi connectivity index (χ0n) is 17.3. The number of hydrogen-bond donors (Lipinski definition) is 4. The van der Waals surface area contributed by atoms with E-state index in [-0.39, 0.29) is 13.0 Å². The number of ether oxygens (including phenoxy) is 1. The summed E-state index contributed by atoms with van der Waals surface area (Å²) in [4.78, 5) is 24.5.